The Kier molecular flexibility index (Phi) is 4.39. The number of benzene rings is 2. The van der Waals surface area contributed by atoms with Gasteiger partial charge in [-0.3, -0.25) is 4.79 Å². The molecule has 20 heavy (non-hydrogen) atoms. The number of carbonyl (C=O) groups excluding carboxylic acids is 1. The summed E-state index contributed by atoms with van der Waals surface area (Å²) in [6, 6.07) is 11.0. The van der Waals surface area contributed by atoms with Gasteiger partial charge in [-0.15, -0.1) is 0 Å². The van der Waals surface area contributed by atoms with E-state index in [-0.39, 0.29) is 17.2 Å². The van der Waals surface area contributed by atoms with E-state index in [2.05, 4.69) is 15.9 Å². The SMILES string of the molecule is CN(Cc1cccc(Br)c1)C(=O)c1ccc(F)cc1O. The Balaban J connectivity index is 2.16. The van der Waals surface area contributed by atoms with E-state index in [0.29, 0.717) is 6.54 Å². The van der Waals surface area contributed by atoms with E-state index in [4.69, 9.17) is 0 Å². The van der Waals surface area contributed by atoms with Gasteiger partial charge in [-0.1, -0.05) is 28.1 Å². The van der Waals surface area contributed by atoms with Crippen LogP contribution >= 0.6 is 15.9 Å². The van der Waals surface area contributed by atoms with Crippen LogP contribution in [-0.2, 0) is 6.54 Å². The third kappa shape index (κ3) is 3.36. The van der Waals surface area contributed by atoms with Crippen molar-refractivity contribution < 1.29 is 14.3 Å². The molecule has 0 radical (unpaired) electrons. The number of aromatic hydroxyl groups is 1. The van der Waals surface area contributed by atoms with Gasteiger partial charge in [0.05, 0.1) is 5.56 Å². The lowest BCUT2D eigenvalue weighted by molar-refractivity contribution is 0.0782. The topological polar surface area (TPSA) is 40.5 Å². The Morgan fingerprint density at radius 1 is 1.30 bits per heavy atom. The predicted octanol–water partition coefficient (Wildman–Crippen LogP) is 3.57. The number of nitrogens with zero attached hydrogens (tertiary/aromatic N) is 1. The molecule has 0 aromatic heterocycles. The molecule has 0 saturated heterocycles. The van der Waals surface area contributed by atoms with Crippen LogP contribution in [0.3, 0.4) is 0 Å². The maximum absolute atomic E-state index is 12.9. The van der Waals surface area contributed by atoms with E-state index in [9.17, 15) is 14.3 Å². The van der Waals surface area contributed by atoms with Crippen LogP contribution in [0, 0.1) is 5.82 Å². The summed E-state index contributed by atoms with van der Waals surface area (Å²) in [4.78, 5) is 13.7. The van der Waals surface area contributed by atoms with Crippen LogP contribution in [0.4, 0.5) is 4.39 Å². The van der Waals surface area contributed by atoms with Gasteiger partial charge in [-0.05, 0) is 29.8 Å². The molecule has 0 heterocycles. The number of carbonyl (C=O) groups is 1. The van der Waals surface area contributed by atoms with Crippen LogP contribution in [0.1, 0.15) is 15.9 Å². The van der Waals surface area contributed by atoms with Gasteiger partial charge in [-0.25, -0.2) is 4.39 Å². The van der Waals surface area contributed by atoms with Gasteiger partial charge in [0, 0.05) is 24.1 Å². The van der Waals surface area contributed by atoms with Crippen molar-refractivity contribution in [2.75, 3.05) is 7.05 Å². The van der Waals surface area contributed by atoms with Gasteiger partial charge in [0.2, 0.25) is 0 Å². The molecule has 2 aromatic rings. The van der Waals surface area contributed by atoms with Gasteiger partial charge < -0.3 is 10.0 Å². The molecule has 3 nitrogen and oxygen atoms in total. The first-order chi connectivity index (χ1) is 9.47. The Bertz CT molecular complexity index is 646. The summed E-state index contributed by atoms with van der Waals surface area (Å²) >= 11 is 3.37. The highest BCUT2D eigenvalue weighted by atomic mass is 79.9. The van der Waals surface area contributed by atoms with Crippen molar-refractivity contribution in [3.63, 3.8) is 0 Å². The van der Waals surface area contributed by atoms with Gasteiger partial charge in [0.15, 0.2) is 0 Å². The predicted molar refractivity (Wildman–Crippen MR) is 78.0 cm³/mol. The second-order valence-electron chi connectivity index (χ2n) is 4.45. The van der Waals surface area contributed by atoms with E-state index in [1.165, 1.54) is 11.0 Å². The summed E-state index contributed by atoms with van der Waals surface area (Å²) in [6.45, 7) is 0.398. The standard InChI is InChI=1S/C15H13BrFNO2/c1-18(9-10-3-2-4-11(16)7-10)15(20)13-6-5-12(17)8-14(13)19/h2-8,19H,9H2,1H3. The lowest BCUT2D eigenvalue weighted by atomic mass is 10.1. The summed E-state index contributed by atoms with van der Waals surface area (Å²) in [7, 11) is 1.63. The molecule has 0 atom stereocenters. The molecule has 2 rings (SSSR count). The molecule has 0 aliphatic rings. The summed E-state index contributed by atoms with van der Waals surface area (Å²) in [5.74, 6) is -1.28. The zero-order valence-corrected chi connectivity index (χ0v) is 12.4. The number of amides is 1. The lowest BCUT2D eigenvalue weighted by Crippen LogP contribution is -2.26. The first-order valence-corrected chi connectivity index (χ1v) is 6.75. The van der Waals surface area contributed by atoms with Crippen LogP contribution < -0.4 is 0 Å². The van der Waals surface area contributed by atoms with Crippen LogP contribution in [-0.4, -0.2) is 23.0 Å². The van der Waals surface area contributed by atoms with Gasteiger partial charge in [0.1, 0.15) is 11.6 Å². The molecular weight excluding hydrogens is 325 g/mol. The second-order valence-corrected chi connectivity index (χ2v) is 5.37. The van der Waals surface area contributed by atoms with Crippen molar-refractivity contribution in [3.8, 4) is 5.75 Å². The monoisotopic (exact) mass is 337 g/mol. The van der Waals surface area contributed by atoms with E-state index in [1.807, 2.05) is 24.3 Å². The zero-order valence-electron chi connectivity index (χ0n) is 10.8. The first-order valence-electron chi connectivity index (χ1n) is 5.96. The number of hydrogen-bond acceptors (Lipinski definition) is 2. The Morgan fingerprint density at radius 2 is 2.05 bits per heavy atom. The summed E-state index contributed by atoms with van der Waals surface area (Å²) in [5, 5.41) is 9.63. The van der Waals surface area contributed by atoms with Crippen LogP contribution in [0.2, 0.25) is 0 Å². The van der Waals surface area contributed by atoms with Gasteiger partial charge in [-0.2, -0.15) is 0 Å². The Hall–Kier alpha value is -1.88. The molecule has 1 amide bonds. The molecule has 0 fully saturated rings. The fourth-order valence-corrected chi connectivity index (χ4v) is 2.32. The molecule has 0 aliphatic carbocycles. The number of rotatable bonds is 3. The molecular formula is C15H13BrFNO2. The number of halogens is 2. The van der Waals surface area contributed by atoms with Crippen LogP contribution in [0.5, 0.6) is 5.75 Å². The van der Waals surface area contributed by atoms with Crippen molar-refractivity contribution in [3.05, 3.63) is 63.9 Å². The molecule has 1 N–H and O–H groups in total. The molecule has 0 spiro atoms. The molecule has 2 aromatic carbocycles. The van der Waals surface area contributed by atoms with Crippen molar-refractivity contribution in [1.29, 1.82) is 0 Å². The smallest absolute Gasteiger partial charge is 0.257 e. The lowest BCUT2D eigenvalue weighted by Gasteiger charge is -2.18. The van der Waals surface area contributed by atoms with E-state index < -0.39 is 5.82 Å². The summed E-state index contributed by atoms with van der Waals surface area (Å²) in [6.07, 6.45) is 0. The second kappa shape index (κ2) is 6.05. The maximum Gasteiger partial charge on any atom is 0.257 e. The maximum atomic E-state index is 12.9. The van der Waals surface area contributed by atoms with Crippen molar-refractivity contribution in [1.82, 2.24) is 4.90 Å². The summed E-state index contributed by atoms with van der Waals surface area (Å²) < 4.78 is 13.8. The fraction of sp³-hybridized carbons (Fsp3) is 0.133. The molecule has 0 bridgehead atoms. The minimum Gasteiger partial charge on any atom is -0.507 e. The average Bonchev–Trinajstić information content (AvgIpc) is 2.38. The number of phenolic OH excluding ortho intramolecular Hbond substituents is 1. The number of phenols is 1. The van der Waals surface area contributed by atoms with Crippen molar-refractivity contribution in [2.45, 2.75) is 6.54 Å². The van der Waals surface area contributed by atoms with E-state index in [1.54, 1.807) is 7.05 Å². The number of hydrogen-bond donors (Lipinski definition) is 1. The first kappa shape index (κ1) is 14.5. The third-order valence-electron chi connectivity index (χ3n) is 2.85. The van der Waals surface area contributed by atoms with Crippen molar-refractivity contribution >= 4 is 21.8 Å². The fourth-order valence-electron chi connectivity index (χ4n) is 1.87. The van der Waals surface area contributed by atoms with E-state index >= 15 is 0 Å². The third-order valence-corrected chi connectivity index (χ3v) is 3.34. The highest BCUT2D eigenvalue weighted by Gasteiger charge is 2.16. The molecule has 104 valence electrons. The van der Waals surface area contributed by atoms with Crippen LogP contribution in [0.25, 0.3) is 0 Å². The van der Waals surface area contributed by atoms with Gasteiger partial charge >= 0.3 is 0 Å². The normalized spacial score (nSPS) is 10.3. The van der Waals surface area contributed by atoms with E-state index in [0.717, 1.165) is 22.2 Å². The molecule has 0 aliphatic heterocycles. The zero-order chi connectivity index (χ0) is 14.7. The molecule has 0 saturated carbocycles. The average molecular weight is 338 g/mol. The Labute approximate surface area is 124 Å². The molecule has 5 heteroatoms. The molecule has 0 unspecified atom stereocenters. The van der Waals surface area contributed by atoms with Crippen molar-refractivity contribution in [2.24, 2.45) is 0 Å². The minimum absolute atomic E-state index is 0.0869. The Morgan fingerprint density at radius 3 is 2.70 bits per heavy atom. The minimum atomic E-state index is -0.575. The summed E-state index contributed by atoms with van der Waals surface area (Å²) in [5.41, 5.74) is 1.04. The highest BCUT2D eigenvalue weighted by Crippen LogP contribution is 2.20. The largest absolute Gasteiger partial charge is 0.507 e. The van der Waals surface area contributed by atoms with Crippen LogP contribution in [0.15, 0.2) is 46.9 Å². The highest BCUT2D eigenvalue weighted by molar-refractivity contribution is 9.10. The van der Waals surface area contributed by atoms with Gasteiger partial charge in [0.25, 0.3) is 5.91 Å². The quantitative estimate of drug-likeness (QED) is 0.930.